The standard InChI is InChI=1S/C49H48ClN10O6P/c1-57-26-31(24-52-57)34-22-38(54-48-51-25-36(50)44(56-48)53-37-13-10-30(20-42(37)67(3,4)65)29-8-6-5-7-9-29)41(66-2)23-40(34)58-18-16-49(17-19-58)27-59(28-49)32-11-12-33-35(21-32)47(64)60(46(33)63)39-14-15-43(61)55-45(39)62/h5-13,20-26,39H,14-19,27-28H2,1-4H3,(H,55,61,62)(H2,51,53,54,56). The first-order chi connectivity index (χ1) is 32.2. The number of hydrogen-bond acceptors (Lipinski definition) is 13. The number of piperidine rings is 2. The highest BCUT2D eigenvalue weighted by molar-refractivity contribution is 7.70. The van der Waals surface area contributed by atoms with Gasteiger partial charge in [0.25, 0.3) is 11.8 Å². The van der Waals surface area contributed by atoms with Crippen molar-refractivity contribution in [1.29, 1.82) is 0 Å². The molecule has 4 amide bonds. The third kappa shape index (κ3) is 8.29. The van der Waals surface area contributed by atoms with Crippen LogP contribution in [0.5, 0.6) is 5.75 Å². The molecule has 3 N–H and O–H groups in total. The lowest BCUT2D eigenvalue weighted by Crippen LogP contribution is -2.60. The van der Waals surface area contributed by atoms with Crippen LogP contribution in [0.1, 0.15) is 46.4 Å². The van der Waals surface area contributed by atoms with Gasteiger partial charge < -0.3 is 29.7 Å². The van der Waals surface area contributed by atoms with Gasteiger partial charge in [0, 0.05) is 85.1 Å². The number of rotatable bonds is 11. The van der Waals surface area contributed by atoms with Crippen LogP contribution >= 0.6 is 18.7 Å². The number of hydrogen-bond donors (Lipinski definition) is 3. The molecule has 2 aromatic heterocycles. The van der Waals surface area contributed by atoms with E-state index in [1.807, 2.05) is 86.2 Å². The number of fused-ring (bicyclic) bond motifs is 1. The summed E-state index contributed by atoms with van der Waals surface area (Å²) in [4.78, 5) is 66.0. The zero-order valence-electron chi connectivity index (χ0n) is 37.4. The number of benzene rings is 4. The average molecular weight is 939 g/mol. The number of aromatic nitrogens is 4. The molecule has 0 aliphatic carbocycles. The minimum absolute atomic E-state index is 0.0711. The first kappa shape index (κ1) is 43.8. The van der Waals surface area contributed by atoms with Crippen molar-refractivity contribution in [2.75, 3.05) is 67.1 Å². The van der Waals surface area contributed by atoms with E-state index in [2.05, 4.69) is 35.8 Å². The van der Waals surface area contributed by atoms with Crippen LogP contribution in [0.15, 0.2) is 97.5 Å². The molecule has 1 unspecified atom stereocenters. The summed E-state index contributed by atoms with van der Waals surface area (Å²) in [6, 6.07) is 24.1. The van der Waals surface area contributed by atoms with Gasteiger partial charge in [-0.3, -0.25) is 34.1 Å². The lowest BCUT2D eigenvalue weighted by molar-refractivity contribution is -0.136. The normalized spacial score (nSPS) is 17.9. The molecule has 4 aliphatic heterocycles. The lowest BCUT2D eigenvalue weighted by Gasteiger charge is -2.55. The highest BCUT2D eigenvalue weighted by Gasteiger charge is 2.48. The zero-order chi connectivity index (χ0) is 46.8. The number of carbonyl (C=O) groups is 4. The van der Waals surface area contributed by atoms with Crippen LogP contribution in [-0.2, 0) is 21.2 Å². The maximum absolute atomic E-state index is 13.6. The summed E-state index contributed by atoms with van der Waals surface area (Å²) >= 11 is 6.69. The molecule has 1 atom stereocenters. The first-order valence-corrected chi connectivity index (χ1v) is 25.0. The van der Waals surface area contributed by atoms with Gasteiger partial charge in [0.1, 0.15) is 24.0 Å². The maximum Gasteiger partial charge on any atom is 0.262 e. The van der Waals surface area contributed by atoms with Gasteiger partial charge >= 0.3 is 0 Å². The van der Waals surface area contributed by atoms with E-state index in [1.54, 1.807) is 37.3 Å². The lowest BCUT2D eigenvalue weighted by atomic mass is 9.71. The second-order valence-corrected chi connectivity index (χ2v) is 21.7. The predicted molar refractivity (Wildman–Crippen MR) is 259 cm³/mol. The maximum atomic E-state index is 13.6. The van der Waals surface area contributed by atoms with E-state index in [-0.39, 0.29) is 35.3 Å². The Kier molecular flexibility index (Phi) is 11.1. The number of ether oxygens (including phenoxy) is 1. The number of nitrogens with one attached hydrogen (secondary N) is 3. The van der Waals surface area contributed by atoms with Gasteiger partial charge in [-0.1, -0.05) is 48.0 Å². The van der Waals surface area contributed by atoms with E-state index in [9.17, 15) is 23.7 Å². The van der Waals surface area contributed by atoms with E-state index in [4.69, 9.17) is 21.3 Å². The molecule has 6 heterocycles. The van der Waals surface area contributed by atoms with Crippen molar-refractivity contribution in [3.8, 4) is 28.0 Å². The van der Waals surface area contributed by atoms with Gasteiger partial charge in [-0.05, 0) is 80.1 Å². The molecule has 4 aliphatic rings. The van der Waals surface area contributed by atoms with E-state index in [1.165, 1.54) is 6.20 Å². The Morgan fingerprint density at radius 3 is 2.28 bits per heavy atom. The Labute approximate surface area is 392 Å². The van der Waals surface area contributed by atoms with Gasteiger partial charge in [-0.25, -0.2) is 4.98 Å². The van der Waals surface area contributed by atoms with Crippen LogP contribution in [0.2, 0.25) is 5.02 Å². The Hall–Kier alpha value is -7.03. The Balaban J connectivity index is 0.856. The zero-order valence-corrected chi connectivity index (χ0v) is 39.0. The molecule has 6 aromatic rings. The number of anilines is 6. The highest BCUT2D eigenvalue weighted by Crippen LogP contribution is 2.47. The fourth-order valence-electron chi connectivity index (χ4n) is 9.68. The molecule has 342 valence electrons. The minimum Gasteiger partial charge on any atom is -0.494 e. The summed E-state index contributed by atoms with van der Waals surface area (Å²) < 4.78 is 21.4. The number of halogens is 1. The van der Waals surface area contributed by atoms with Crippen molar-refractivity contribution in [2.24, 2.45) is 12.5 Å². The van der Waals surface area contributed by atoms with E-state index in [0.29, 0.717) is 33.3 Å². The van der Waals surface area contributed by atoms with Crippen LogP contribution in [0.25, 0.3) is 22.3 Å². The third-order valence-corrected chi connectivity index (χ3v) is 15.1. The molecule has 3 fully saturated rings. The Bertz CT molecular complexity index is 3050. The highest BCUT2D eigenvalue weighted by atomic mass is 35.5. The molecule has 0 saturated carbocycles. The molecule has 10 rings (SSSR count). The minimum atomic E-state index is -2.75. The molecule has 16 nitrogen and oxygen atoms in total. The number of nitrogens with zero attached hydrogens (tertiary/aromatic N) is 7. The molecule has 67 heavy (non-hydrogen) atoms. The monoisotopic (exact) mass is 938 g/mol. The average Bonchev–Trinajstić information content (AvgIpc) is 3.85. The summed E-state index contributed by atoms with van der Waals surface area (Å²) in [5, 5.41) is 14.4. The molecule has 3 saturated heterocycles. The first-order valence-electron chi connectivity index (χ1n) is 22.1. The molecule has 4 aromatic carbocycles. The number of aryl methyl sites for hydroxylation is 1. The van der Waals surface area contributed by atoms with Gasteiger partial charge in [-0.15, -0.1) is 0 Å². The number of carbonyl (C=O) groups excluding carboxylic acids is 4. The van der Waals surface area contributed by atoms with Crippen molar-refractivity contribution in [2.45, 2.75) is 31.7 Å². The molecule has 0 bridgehead atoms. The van der Waals surface area contributed by atoms with Crippen molar-refractivity contribution in [3.05, 3.63) is 114 Å². The van der Waals surface area contributed by atoms with Gasteiger partial charge in [0.05, 0.1) is 42.0 Å². The summed E-state index contributed by atoms with van der Waals surface area (Å²) in [6.07, 6.45) is 7.38. The number of methoxy groups -OCH3 is 1. The van der Waals surface area contributed by atoms with Crippen LogP contribution in [0.4, 0.5) is 34.5 Å². The second kappa shape index (κ2) is 17.0. The second-order valence-electron chi connectivity index (χ2n) is 18.1. The fraction of sp³-hybridized carbons (Fsp3) is 0.286. The quantitative estimate of drug-likeness (QED) is 0.0861. The van der Waals surface area contributed by atoms with Crippen LogP contribution < -0.4 is 35.8 Å². The summed E-state index contributed by atoms with van der Waals surface area (Å²) in [7, 11) is 0.760. The number of imide groups is 2. The molecule has 18 heteroatoms. The number of amides is 4. The van der Waals surface area contributed by atoms with Crippen molar-refractivity contribution < 1.29 is 28.5 Å². The summed E-state index contributed by atoms with van der Waals surface area (Å²) in [6.45, 7) is 6.67. The van der Waals surface area contributed by atoms with Crippen LogP contribution in [0, 0.1) is 5.41 Å². The topological polar surface area (TPSA) is 184 Å². The van der Waals surface area contributed by atoms with Crippen LogP contribution in [0.3, 0.4) is 0 Å². The third-order valence-electron chi connectivity index (χ3n) is 13.3. The van der Waals surface area contributed by atoms with Crippen molar-refractivity contribution in [1.82, 2.24) is 30.0 Å². The molecular formula is C49H48ClN10O6P. The van der Waals surface area contributed by atoms with Gasteiger partial charge in [0.15, 0.2) is 5.82 Å². The molecule has 0 radical (unpaired) electrons. The summed E-state index contributed by atoms with van der Waals surface area (Å²) in [5.74, 6) is -0.849. The Morgan fingerprint density at radius 1 is 0.821 bits per heavy atom. The Morgan fingerprint density at radius 2 is 1.58 bits per heavy atom. The summed E-state index contributed by atoms with van der Waals surface area (Å²) in [5.41, 5.74) is 7.59. The van der Waals surface area contributed by atoms with E-state index >= 15 is 0 Å². The SMILES string of the molecule is COc1cc(N2CCC3(CC2)CN(c2ccc4c(c2)C(=O)N(C2CCC(=O)NC2=O)C4=O)C3)c(-c2cnn(C)c2)cc1Nc1ncc(Cl)c(Nc2ccc(-c3ccccc3)cc2P(C)(C)=O)n1. The van der Waals surface area contributed by atoms with Crippen molar-refractivity contribution >= 4 is 82.2 Å². The fourth-order valence-corrected chi connectivity index (χ4v) is 11.0. The van der Waals surface area contributed by atoms with Gasteiger partial charge in [-0.2, -0.15) is 10.1 Å². The predicted octanol–water partition coefficient (Wildman–Crippen LogP) is 7.45. The smallest absolute Gasteiger partial charge is 0.262 e. The van der Waals surface area contributed by atoms with E-state index < -0.39 is 36.8 Å². The van der Waals surface area contributed by atoms with E-state index in [0.717, 1.165) is 77.5 Å². The van der Waals surface area contributed by atoms with Crippen molar-refractivity contribution in [3.63, 3.8) is 0 Å². The molecule has 1 spiro atoms. The van der Waals surface area contributed by atoms with Gasteiger partial charge in [0.2, 0.25) is 17.8 Å². The van der Waals surface area contributed by atoms with Crippen LogP contribution in [-0.4, -0.2) is 101 Å². The largest absolute Gasteiger partial charge is 0.494 e. The molecular weight excluding hydrogens is 891 g/mol.